The van der Waals surface area contributed by atoms with Crippen molar-refractivity contribution < 1.29 is 18.3 Å². The molecular weight excluding hydrogens is 255 g/mol. The number of hydrogen-bond donors (Lipinski definition) is 2. The third-order valence-corrected chi connectivity index (χ3v) is 3.32. The molecule has 0 aliphatic carbocycles. The molecule has 2 N–H and O–H groups in total. The molecular formula is C14H20F3NO. The predicted octanol–water partition coefficient (Wildman–Crippen LogP) is 3.30. The first kappa shape index (κ1) is 16.0. The first-order chi connectivity index (χ1) is 8.74. The van der Waals surface area contributed by atoms with Gasteiger partial charge in [-0.3, -0.25) is 0 Å². The molecule has 0 aliphatic rings. The van der Waals surface area contributed by atoms with E-state index in [1.54, 1.807) is 13.0 Å². The van der Waals surface area contributed by atoms with Gasteiger partial charge in [0, 0.05) is 6.04 Å². The van der Waals surface area contributed by atoms with E-state index in [-0.39, 0.29) is 11.6 Å². The number of hydrogen-bond acceptors (Lipinski definition) is 2. The van der Waals surface area contributed by atoms with Gasteiger partial charge in [-0.25, -0.2) is 0 Å². The summed E-state index contributed by atoms with van der Waals surface area (Å²) >= 11 is 0. The summed E-state index contributed by atoms with van der Waals surface area (Å²) in [6.45, 7) is 5.00. The Balaban J connectivity index is 3.25. The SMILES string of the molecule is CCC(C)NC(C)(CO)c1ccccc1C(F)(F)F. The zero-order valence-corrected chi connectivity index (χ0v) is 11.4. The van der Waals surface area contributed by atoms with Gasteiger partial charge in [-0.05, 0) is 31.9 Å². The van der Waals surface area contributed by atoms with E-state index in [9.17, 15) is 18.3 Å². The minimum atomic E-state index is -4.43. The summed E-state index contributed by atoms with van der Waals surface area (Å²) in [5, 5.41) is 12.6. The van der Waals surface area contributed by atoms with Gasteiger partial charge in [-0.15, -0.1) is 0 Å². The average molecular weight is 275 g/mol. The maximum absolute atomic E-state index is 13.0. The first-order valence-corrected chi connectivity index (χ1v) is 6.30. The van der Waals surface area contributed by atoms with Crippen molar-refractivity contribution in [2.45, 2.75) is 44.9 Å². The lowest BCUT2D eigenvalue weighted by Gasteiger charge is -2.34. The van der Waals surface area contributed by atoms with Crippen molar-refractivity contribution in [1.82, 2.24) is 5.32 Å². The van der Waals surface area contributed by atoms with Crippen LogP contribution in [0.15, 0.2) is 24.3 Å². The van der Waals surface area contributed by atoms with Crippen LogP contribution in [0.25, 0.3) is 0 Å². The second kappa shape index (κ2) is 5.92. The largest absolute Gasteiger partial charge is 0.416 e. The summed E-state index contributed by atoms with van der Waals surface area (Å²) in [6, 6.07) is 5.37. The molecule has 0 saturated carbocycles. The van der Waals surface area contributed by atoms with Gasteiger partial charge < -0.3 is 10.4 Å². The van der Waals surface area contributed by atoms with E-state index in [1.165, 1.54) is 12.1 Å². The molecule has 2 atom stereocenters. The van der Waals surface area contributed by atoms with Crippen LogP contribution in [-0.2, 0) is 11.7 Å². The molecule has 0 aliphatic heterocycles. The molecule has 0 radical (unpaired) electrons. The molecule has 0 heterocycles. The molecule has 0 bridgehead atoms. The zero-order valence-electron chi connectivity index (χ0n) is 11.4. The molecule has 1 aromatic rings. The normalized spacial score (nSPS) is 17.0. The Bertz CT molecular complexity index is 419. The van der Waals surface area contributed by atoms with Crippen molar-refractivity contribution in [1.29, 1.82) is 0 Å². The molecule has 108 valence electrons. The van der Waals surface area contributed by atoms with Crippen molar-refractivity contribution >= 4 is 0 Å². The van der Waals surface area contributed by atoms with E-state index in [0.717, 1.165) is 12.5 Å². The fourth-order valence-corrected chi connectivity index (χ4v) is 2.07. The average Bonchev–Trinajstić information content (AvgIpc) is 2.37. The van der Waals surface area contributed by atoms with Crippen LogP contribution in [0.2, 0.25) is 0 Å². The van der Waals surface area contributed by atoms with Gasteiger partial charge in [-0.1, -0.05) is 25.1 Å². The van der Waals surface area contributed by atoms with E-state index >= 15 is 0 Å². The molecule has 0 amide bonds. The quantitative estimate of drug-likeness (QED) is 0.864. The highest BCUT2D eigenvalue weighted by Crippen LogP contribution is 2.36. The van der Waals surface area contributed by atoms with Gasteiger partial charge in [-0.2, -0.15) is 13.2 Å². The topological polar surface area (TPSA) is 32.3 Å². The van der Waals surface area contributed by atoms with E-state index < -0.39 is 23.9 Å². The lowest BCUT2D eigenvalue weighted by atomic mass is 9.87. The Kier molecular flexibility index (Phi) is 4.98. The Morgan fingerprint density at radius 3 is 2.16 bits per heavy atom. The number of alkyl halides is 3. The second-order valence-electron chi connectivity index (χ2n) is 4.99. The van der Waals surface area contributed by atoms with Gasteiger partial charge in [0.05, 0.1) is 17.7 Å². The molecule has 0 saturated heterocycles. The molecule has 1 rings (SSSR count). The second-order valence-corrected chi connectivity index (χ2v) is 4.99. The summed E-state index contributed by atoms with van der Waals surface area (Å²) in [4.78, 5) is 0. The van der Waals surface area contributed by atoms with Gasteiger partial charge in [0.1, 0.15) is 0 Å². The summed E-state index contributed by atoms with van der Waals surface area (Å²) in [5.41, 5.74) is -1.74. The number of aliphatic hydroxyl groups excluding tert-OH is 1. The minimum absolute atomic E-state index is 0.0124. The highest BCUT2D eigenvalue weighted by atomic mass is 19.4. The fourth-order valence-electron chi connectivity index (χ4n) is 2.07. The van der Waals surface area contributed by atoms with E-state index in [2.05, 4.69) is 5.32 Å². The van der Waals surface area contributed by atoms with Crippen LogP contribution >= 0.6 is 0 Å². The first-order valence-electron chi connectivity index (χ1n) is 6.30. The van der Waals surface area contributed by atoms with Gasteiger partial charge in [0.15, 0.2) is 0 Å². The molecule has 0 spiro atoms. The molecule has 2 unspecified atom stereocenters. The van der Waals surface area contributed by atoms with Crippen molar-refractivity contribution in [2.24, 2.45) is 0 Å². The van der Waals surface area contributed by atoms with Crippen LogP contribution in [0.3, 0.4) is 0 Å². The standard InChI is InChI=1S/C14H20F3NO/c1-4-10(2)18-13(3,9-19)11-7-5-6-8-12(11)14(15,16)17/h5-8,10,18-19H,4,9H2,1-3H3. The predicted molar refractivity (Wildman–Crippen MR) is 68.8 cm³/mol. The summed E-state index contributed by atoms with van der Waals surface area (Å²) < 4.78 is 39.1. The van der Waals surface area contributed by atoms with Gasteiger partial charge in [0.25, 0.3) is 0 Å². The molecule has 0 fully saturated rings. The van der Waals surface area contributed by atoms with Crippen molar-refractivity contribution in [3.05, 3.63) is 35.4 Å². The maximum atomic E-state index is 13.0. The third kappa shape index (κ3) is 3.70. The third-order valence-electron chi connectivity index (χ3n) is 3.32. The summed E-state index contributed by atoms with van der Waals surface area (Å²) in [7, 11) is 0. The van der Waals surface area contributed by atoms with E-state index in [1.807, 2.05) is 13.8 Å². The van der Waals surface area contributed by atoms with Crippen molar-refractivity contribution in [3.8, 4) is 0 Å². The van der Waals surface area contributed by atoms with Crippen molar-refractivity contribution in [2.75, 3.05) is 6.61 Å². The van der Waals surface area contributed by atoms with Crippen LogP contribution in [-0.4, -0.2) is 17.8 Å². The summed E-state index contributed by atoms with van der Waals surface area (Å²) in [5.74, 6) is 0. The van der Waals surface area contributed by atoms with Crippen LogP contribution in [0.1, 0.15) is 38.3 Å². The molecule has 19 heavy (non-hydrogen) atoms. The smallest absolute Gasteiger partial charge is 0.394 e. The lowest BCUT2D eigenvalue weighted by Crippen LogP contribution is -2.48. The Hall–Kier alpha value is -1.07. The number of aliphatic hydroxyl groups is 1. The van der Waals surface area contributed by atoms with Crippen LogP contribution in [0.4, 0.5) is 13.2 Å². The fraction of sp³-hybridized carbons (Fsp3) is 0.571. The van der Waals surface area contributed by atoms with Gasteiger partial charge >= 0.3 is 6.18 Å². The molecule has 1 aromatic carbocycles. The minimum Gasteiger partial charge on any atom is -0.394 e. The number of benzene rings is 1. The molecule has 5 heteroatoms. The summed E-state index contributed by atoms with van der Waals surface area (Å²) in [6.07, 6.45) is -3.66. The Morgan fingerprint density at radius 1 is 1.21 bits per heavy atom. The van der Waals surface area contributed by atoms with Crippen LogP contribution in [0, 0.1) is 0 Å². The Morgan fingerprint density at radius 2 is 1.74 bits per heavy atom. The van der Waals surface area contributed by atoms with Crippen LogP contribution in [0.5, 0.6) is 0 Å². The Labute approximate surface area is 111 Å². The van der Waals surface area contributed by atoms with E-state index in [0.29, 0.717) is 0 Å². The van der Waals surface area contributed by atoms with E-state index in [4.69, 9.17) is 0 Å². The van der Waals surface area contributed by atoms with Crippen LogP contribution < -0.4 is 5.32 Å². The monoisotopic (exact) mass is 275 g/mol. The zero-order chi connectivity index (χ0) is 14.7. The number of rotatable bonds is 5. The lowest BCUT2D eigenvalue weighted by molar-refractivity contribution is -0.139. The number of nitrogens with one attached hydrogen (secondary N) is 1. The number of halogens is 3. The molecule has 2 nitrogen and oxygen atoms in total. The van der Waals surface area contributed by atoms with Gasteiger partial charge in [0.2, 0.25) is 0 Å². The van der Waals surface area contributed by atoms with Crippen molar-refractivity contribution in [3.63, 3.8) is 0 Å². The highest BCUT2D eigenvalue weighted by molar-refractivity contribution is 5.35. The molecule has 0 aromatic heterocycles. The highest BCUT2D eigenvalue weighted by Gasteiger charge is 2.39. The maximum Gasteiger partial charge on any atom is 0.416 e.